The molecule has 0 saturated carbocycles. The number of hydrogen-bond donors (Lipinski definition) is 0. The van der Waals surface area contributed by atoms with E-state index in [1.54, 1.807) is 41.5 Å². The normalized spacial score (nSPS) is 12.6. The Kier molecular flexibility index (Phi) is 47.5. The fourth-order valence-electron chi connectivity index (χ4n) is 3.74. The van der Waals surface area contributed by atoms with Crippen molar-refractivity contribution in [2.45, 2.75) is 158 Å². The molecule has 1 heterocycles. The summed E-state index contributed by atoms with van der Waals surface area (Å²) in [5.74, 6) is -12.0. The van der Waals surface area contributed by atoms with Gasteiger partial charge in [-0.05, 0) is 86.8 Å². The highest BCUT2D eigenvalue weighted by atomic mass is 28.3. The molecule has 1 aliphatic heterocycles. The highest BCUT2D eigenvalue weighted by molar-refractivity contribution is 6.76. The van der Waals surface area contributed by atoms with Crippen molar-refractivity contribution in [3.8, 4) is 0 Å². The van der Waals surface area contributed by atoms with Gasteiger partial charge in [-0.2, -0.15) is 22.0 Å². The third-order valence-electron chi connectivity index (χ3n) is 8.27. The smallest absolute Gasteiger partial charge is 0.425 e. The van der Waals surface area contributed by atoms with E-state index in [9.17, 15) is 59.5 Å². The second-order valence-electron chi connectivity index (χ2n) is 19.9. The number of alkyl halides is 7. The first-order valence-corrected chi connectivity index (χ1v) is 32.3. The van der Waals surface area contributed by atoms with Crippen LogP contribution in [-0.4, -0.2) is 121 Å². The summed E-state index contributed by atoms with van der Waals surface area (Å²) in [6, 6.07) is 11.3. The van der Waals surface area contributed by atoms with Gasteiger partial charge in [0.15, 0.2) is 12.7 Å². The number of allylic oxidation sites excluding steroid dienone is 1. The zero-order valence-electron chi connectivity index (χ0n) is 50.2. The minimum atomic E-state index is -4.51. The highest BCUT2D eigenvalue weighted by Gasteiger charge is 2.53. The van der Waals surface area contributed by atoms with Gasteiger partial charge in [0.05, 0.1) is 33.6 Å². The van der Waals surface area contributed by atoms with Crippen LogP contribution in [0.5, 0.6) is 0 Å². The summed E-state index contributed by atoms with van der Waals surface area (Å²) in [6.07, 6.45) is 0.00409. The number of rotatable bonds is 19. The molecule has 1 fully saturated rings. The van der Waals surface area contributed by atoms with Crippen LogP contribution in [0.3, 0.4) is 0 Å². The minimum Gasteiger partial charge on any atom is -0.466 e. The van der Waals surface area contributed by atoms with Crippen LogP contribution in [0.4, 0.5) is 30.7 Å². The van der Waals surface area contributed by atoms with Crippen LogP contribution in [0.2, 0.25) is 45.3 Å². The summed E-state index contributed by atoms with van der Waals surface area (Å²) >= 11 is 0. The summed E-state index contributed by atoms with van der Waals surface area (Å²) in [4.78, 5) is 63.8. The van der Waals surface area contributed by atoms with E-state index in [4.69, 9.17) is 14.2 Å². The van der Waals surface area contributed by atoms with Gasteiger partial charge in [0.2, 0.25) is 0 Å². The van der Waals surface area contributed by atoms with Crippen LogP contribution >= 0.6 is 0 Å². The van der Waals surface area contributed by atoms with Crippen LogP contribution in [0, 0.1) is 0 Å². The number of ether oxygens (including phenoxy) is 7. The van der Waals surface area contributed by atoms with Gasteiger partial charge in [-0.15, -0.1) is 6.58 Å². The largest absolute Gasteiger partial charge is 0.466 e. The van der Waals surface area contributed by atoms with E-state index in [0.29, 0.717) is 48.3 Å². The quantitative estimate of drug-likeness (QED) is 0.0321. The lowest BCUT2D eigenvalue weighted by atomic mass is 10.2. The van der Waals surface area contributed by atoms with E-state index in [2.05, 4.69) is 111 Å². The molecule has 0 N–H and O–H groups in total. The Morgan fingerprint density at radius 2 is 0.988 bits per heavy atom. The standard InChI is InChI=1S/C9H14O3.C8H10F4O2.C8H16O2Si.C8H8.C7H9F3O2.2C6H10O2.C6H14Si/c1-7(2)9(10)12-6-8-4-3-5-11-8;1-5(2)6(13)14-4-8(11,12)7(3,9)10;1-7(2)8(9)10-6-11(3,4)5;1-2-8-6-4-3-5-7-8;1-4(2)6(11)12-5(3)7(8,9)10;2*1-4-8-6(7)5(2)3;1-5-6-7(2,3)4/h8H,1,3-6H2,2H3;1,4H2,2-3H3;1,6H2,2-5H3;2-7H,1H2;5H,1H2,2-3H3;2*2,4H2,1,3H3;5H,1,6H2,2-4H3. The Labute approximate surface area is 474 Å². The first-order valence-electron chi connectivity index (χ1n) is 24.9. The number of halogens is 7. The number of carbonyl (C=O) groups is 6. The van der Waals surface area contributed by atoms with Crippen LogP contribution in [0.15, 0.2) is 122 Å². The summed E-state index contributed by atoms with van der Waals surface area (Å²) < 4.78 is 117. The molecule has 0 radical (unpaired) electrons. The molecule has 0 aliphatic carbocycles. The molecule has 2 rings (SSSR count). The molecule has 0 amide bonds. The van der Waals surface area contributed by atoms with Crippen molar-refractivity contribution in [2.24, 2.45) is 0 Å². The van der Waals surface area contributed by atoms with E-state index in [-0.39, 0.29) is 48.1 Å². The van der Waals surface area contributed by atoms with Crippen molar-refractivity contribution in [2.75, 3.05) is 39.3 Å². The molecule has 1 saturated heterocycles. The predicted octanol–water partition coefficient (Wildman–Crippen LogP) is 14.8. The maximum atomic E-state index is 12.5. The van der Waals surface area contributed by atoms with E-state index in [1.165, 1.54) is 25.5 Å². The molecule has 0 aromatic heterocycles. The third-order valence-corrected chi connectivity index (χ3v) is 10.8. The Morgan fingerprint density at radius 3 is 1.24 bits per heavy atom. The lowest BCUT2D eigenvalue weighted by molar-refractivity contribution is -0.221. The molecule has 1 aromatic carbocycles. The van der Waals surface area contributed by atoms with Crippen LogP contribution in [0.25, 0.3) is 6.08 Å². The van der Waals surface area contributed by atoms with Gasteiger partial charge < -0.3 is 33.2 Å². The molecule has 80 heavy (non-hydrogen) atoms. The van der Waals surface area contributed by atoms with Crippen molar-refractivity contribution in [1.29, 1.82) is 0 Å². The van der Waals surface area contributed by atoms with Crippen LogP contribution in [-0.2, 0) is 61.9 Å². The summed E-state index contributed by atoms with van der Waals surface area (Å²) in [5, 5.41) is 0. The maximum Gasteiger partial charge on any atom is 0.425 e. The average Bonchev–Trinajstić information content (AvgIpc) is 3.86. The van der Waals surface area contributed by atoms with E-state index < -0.39 is 58.8 Å². The number of hydrogen-bond acceptors (Lipinski definition) is 13. The summed E-state index contributed by atoms with van der Waals surface area (Å²) in [6.45, 7) is 54.6. The molecular weight excluding hydrogens is 1090 g/mol. The molecule has 0 spiro atoms. The predicted molar refractivity (Wildman–Crippen MR) is 309 cm³/mol. The SMILES string of the molecule is C=C(C)C(=O)OC(C)C(F)(F)F.C=C(C)C(=O)OCC.C=C(C)C(=O)OCC.C=C(C)C(=O)OCC(F)(F)C(C)(F)F.C=C(C)C(=O)OCC1CCCO1.C=C(C)C(=O)OC[Si](C)(C)C.C=CC[Si](C)(C)C.C=Cc1ccccc1. The van der Waals surface area contributed by atoms with Crippen molar-refractivity contribution in [3.63, 3.8) is 0 Å². The fourth-order valence-corrected chi connectivity index (χ4v) is 5.17. The van der Waals surface area contributed by atoms with Crippen LogP contribution in [0.1, 0.15) is 87.6 Å². The number of benzene rings is 1. The highest BCUT2D eigenvalue weighted by Crippen LogP contribution is 2.33. The van der Waals surface area contributed by atoms with Crippen molar-refractivity contribution >= 4 is 58.0 Å². The van der Waals surface area contributed by atoms with Gasteiger partial charge in [-0.25, -0.2) is 37.5 Å². The summed E-state index contributed by atoms with van der Waals surface area (Å²) in [5.41, 5.74) is 2.81. The van der Waals surface area contributed by atoms with Gasteiger partial charge >= 0.3 is 53.8 Å². The monoisotopic (exact) mass is 1180 g/mol. The summed E-state index contributed by atoms with van der Waals surface area (Å²) in [7, 11) is -2.03. The molecule has 2 atom stereocenters. The molecule has 1 aromatic rings. The number of carbonyl (C=O) groups excluding carboxylic acids is 6. The number of esters is 6. The fraction of sp³-hybridized carbons (Fsp3) is 0.517. The zero-order valence-corrected chi connectivity index (χ0v) is 52.2. The second-order valence-corrected chi connectivity index (χ2v) is 30.9. The van der Waals surface area contributed by atoms with Gasteiger partial charge in [0, 0.05) is 55.0 Å². The van der Waals surface area contributed by atoms with Crippen molar-refractivity contribution in [3.05, 3.63) is 128 Å². The van der Waals surface area contributed by atoms with Gasteiger partial charge in [-0.1, -0.05) is 128 Å². The lowest BCUT2D eigenvalue weighted by Crippen LogP contribution is -2.42. The van der Waals surface area contributed by atoms with Gasteiger partial charge in [0.1, 0.15) is 6.61 Å². The molecule has 0 bridgehead atoms. The lowest BCUT2D eigenvalue weighted by Gasteiger charge is -2.22. The molecule has 458 valence electrons. The van der Waals surface area contributed by atoms with Crippen LogP contribution < -0.4 is 0 Å². The molecule has 2 unspecified atom stereocenters. The minimum absolute atomic E-state index is 0.0499. The topological polar surface area (TPSA) is 167 Å². The van der Waals surface area contributed by atoms with Gasteiger partial charge in [0.25, 0.3) is 0 Å². The first kappa shape index (κ1) is 85.1. The molecular formula is C58H91F7O13Si2. The van der Waals surface area contributed by atoms with E-state index in [0.717, 1.165) is 26.4 Å². The van der Waals surface area contributed by atoms with E-state index >= 15 is 0 Å². The molecule has 1 aliphatic rings. The third kappa shape index (κ3) is 55.2. The Hall–Kier alpha value is -6.14. The van der Waals surface area contributed by atoms with E-state index in [1.807, 2.05) is 42.5 Å². The van der Waals surface area contributed by atoms with Crippen molar-refractivity contribution in [1.82, 2.24) is 0 Å². The average molecular weight is 1190 g/mol. The zero-order chi connectivity index (χ0) is 64.4. The van der Waals surface area contributed by atoms with Crippen molar-refractivity contribution < 1.29 is 92.7 Å². The molecule has 13 nitrogen and oxygen atoms in total. The Bertz CT molecular complexity index is 2090. The maximum absolute atomic E-state index is 12.5. The Balaban J connectivity index is -0.000000198. The first-order chi connectivity index (χ1) is 36.2. The second kappa shape index (κ2) is 44.6. The van der Waals surface area contributed by atoms with Gasteiger partial charge in [-0.3, -0.25) is 0 Å². The Morgan fingerprint density at radius 1 is 0.613 bits per heavy atom. The molecule has 22 heteroatoms.